The van der Waals surface area contributed by atoms with E-state index in [9.17, 15) is 9.90 Å². The predicted molar refractivity (Wildman–Crippen MR) is 114 cm³/mol. The highest BCUT2D eigenvalue weighted by atomic mass is 16.5. The smallest absolute Gasteiger partial charge is 0.252 e. The number of nitrogens with zero attached hydrogens (tertiary/aromatic N) is 4. The molecule has 0 saturated carbocycles. The van der Waals surface area contributed by atoms with Crippen molar-refractivity contribution < 1.29 is 14.6 Å². The van der Waals surface area contributed by atoms with Crippen LogP contribution >= 0.6 is 0 Å². The molecule has 4 rings (SSSR count). The average Bonchev–Trinajstić information content (AvgIpc) is 3.19. The predicted octanol–water partition coefficient (Wildman–Crippen LogP) is 3.12. The first-order chi connectivity index (χ1) is 15.1. The van der Waals surface area contributed by atoms with Crippen molar-refractivity contribution in [3.63, 3.8) is 0 Å². The molecule has 0 radical (unpaired) electrons. The second kappa shape index (κ2) is 8.98. The fourth-order valence-corrected chi connectivity index (χ4v) is 3.66. The maximum atomic E-state index is 12.4. The number of nitrogens with one attached hydrogen (secondary N) is 1. The molecule has 1 amide bonds. The molecule has 8 heteroatoms. The van der Waals surface area contributed by atoms with Crippen LogP contribution < -0.4 is 5.32 Å². The van der Waals surface area contributed by atoms with Crippen molar-refractivity contribution in [1.82, 2.24) is 20.1 Å². The minimum absolute atomic E-state index is 0.0630. The second-order valence-corrected chi connectivity index (χ2v) is 7.54. The Kier molecular flexibility index (Phi) is 5.96. The SMILES string of the molecule is Cc1cc(C#N)ccc1-c1cnn(-c2ccc(C(=O)NCC3CCCCO3)cn2)c1O. The number of rotatable bonds is 5. The van der Waals surface area contributed by atoms with Gasteiger partial charge in [0.25, 0.3) is 5.91 Å². The third-order valence-electron chi connectivity index (χ3n) is 5.38. The Morgan fingerprint density at radius 3 is 2.84 bits per heavy atom. The first kappa shape index (κ1) is 20.6. The highest BCUT2D eigenvalue weighted by molar-refractivity contribution is 5.94. The van der Waals surface area contributed by atoms with Crippen LogP contribution in [0.1, 0.15) is 40.7 Å². The molecule has 1 unspecified atom stereocenters. The average molecular weight is 417 g/mol. The number of aryl methyl sites for hydroxylation is 1. The molecule has 8 nitrogen and oxygen atoms in total. The zero-order valence-corrected chi connectivity index (χ0v) is 17.2. The van der Waals surface area contributed by atoms with Gasteiger partial charge in [0.1, 0.15) is 0 Å². The van der Waals surface area contributed by atoms with Gasteiger partial charge in [-0.2, -0.15) is 15.0 Å². The summed E-state index contributed by atoms with van der Waals surface area (Å²) in [6.07, 6.45) is 6.22. The largest absolute Gasteiger partial charge is 0.493 e. The Labute approximate surface area is 180 Å². The van der Waals surface area contributed by atoms with E-state index < -0.39 is 0 Å². The molecule has 3 heterocycles. The van der Waals surface area contributed by atoms with Gasteiger partial charge in [0.05, 0.1) is 35.1 Å². The van der Waals surface area contributed by atoms with Gasteiger partial charge in [0, 0.05) is 19.3 Å². The molecule has 0 spiro atoms. The fourth-order valence-electron chi connectivity index (χ4n) is 3.66. The third-order valence-corrected chi connectivity index (χ3v) is 5.38. The Balaban J connectivity index is 1.48. The first-order valence-corrected chi connectivity index (χ1v) is 10.2. The van der Waals surface area contributed by atoms with E-state index in [1.165, 1.54) is 10.9 Å². The molecule has 1 aliphatic heterocycles. The van der Waals surface area contributed by atoms with Gasteiger partial charge in [-0.1, -0.05) is 6.07 Å². The van der Waals surface area contributed by atoms with Crippen LogP contribution in [0.2, 0.25) is 0 Å². The number of carbonyl (C=O) groups excluding carboxylic acids is 1. The highest BCUT2D eigenvalue weighted by Crippen LogP contribution is 2.33. The molecule has 158 valence electrons. The van der Waals surface area contributed by atoms with Crippen LogP contribution in [0, 0.1) is 18.3 Å². The zero-order valence-electron chi connectivity index (χ0n) is 17.2. The molecule has 2 aromatic heterocycles. The number of carbonyl (C=O) groups is 1. The molecule has 1 fully saturated rings. The molecule has 0 aliphatic carbocycles. The maximum Gasteiger partial charge on any atom is 0.252 e. The minimum Gasteiger partial charge on any atom is -0.493 e. The van der Waals surface area contributed by atoms with Gasteiger partial charge >= 0.3 is 0 Å². The lowest BCUT2D eigenvalue weighted by Crippen LogP contribution is -2.35. The van der Waals surface area contributed by atoms with E-state index in [4.69, 9.17) is 10.00 Å². The monoisotopic (exact) mass is 417 g/mol. The Morgan fingerprint density at radius 1 is 1.29 bits per heavy atom. The molecule has 1 aromatic carbocycles. The topological polar surface area (TPSA) is 113 Å². The van der Waals surface area contributed by atoms with Gasteiger partial charge in [0.2, 0.25) is 5.88 Å². The molecule has 31 heavy (non-hydrogen) atoms. The van der Waals surface area contributed by atoms with Gasteiger partial charge in [-0.05, 0) is 61.6 Å². The molecule has 1 saturated heterocycles. The van der Waals surface area contributed by atoms with Crippen molar-refractivity contribution in [1.29, 1.82) is 5.26 Å². The van der Waals surface area contributed by atoms with Crippen LogP contribution in [-0.4, -0.2) is 45.0 Å². The standard InChI is InChI=1S/C23H23N5O3/c1-15-10-16(11-24)5-7-19(15)20-14-27-28(23(20)30)21-8-6-17(12-25-21)22(29)26-13-18-4-2-3-9-31-18/h5-8,10,12,14,18,30H,2-4,9,13H2,1H3,(H,26,29). The summed E-state index contributed by atoms with van der Waals surface area (Å²) in [5.74, 6) is 0.112. The van der Waals surface area contributed by atoms with Crippen LogP contribution in [0.5, 0.6) is 5.88 Å². The summed E-state index contributed by atoms with van der Waals surface area (Å²) in [7, 11) is 0. The fraction of sp³-hybridized carbons (Fsp3) is 0.304. The molecule has 0 bridgehead atoms. The van der Waals surface area contributed by atoms with Crippen LogP contribution in [0.15, 0.2) is 42.7 Å². The third kappa shape index (κ3) is 4.42. The Morgan fingerprint density at radius 2 is 2.16 bits per heavy atom. The van der Waals surface area contributed by atoms with Crippen LogP contribution in [0.25, 0.3) is 16.9 Å². The zero-order chi connectivity index (χ0) is 21.8. The van der Waals surface area contributed by atoms with Gasteiger partial charge in [-0.25, -0.2) is 4.98 Å². The van der Waals surface area contributed by atoms with E-state index in [1.807, 2.05) is 6.92 Å². The van der Waals surface area contributed by atoms with Crippen molar-refractivity contribution in [2.75, 3.05) is 13.2 Å². The van der Waals surface area contributed by atoms with Crippen LogP contribution in [0.3, 0.4) is 0 Å². The number of nitriles is 1. The summed E-state index contributed by atoms with van der Waals surface area (Å²) >= 11 is 0. The molecular formula is C23H23N5O3. The summed E-state index contributed by atoms with van der Waals surface area (Å²) in [5, 5.41) is 26.9. The van der Waals surface area contributed by atoms with Crippen molar-refractivity contribution in [3.8, 4) is 28.9 Å². The van der Waals surface area contributed by atoms with Gasteiger partial charge < -0.3 is 15.2 Å². The van der Waals surface area contributed by atoms with Gasteiger partial charge in [-0.15, -0.1) is 0 Å². The molecular weight excluding hydrogens is 394 g/mol. The number of benzene rings is 1. The molecule has 3 aromatic rings. The Hall–Kier alpha value is -3.70. The van der Waals surface area contributed by atoms with Gasteiger partial charge in [-0.3, -0.25) is 4.79 Å². The molecule has 1 atom stereocenters. The lowest BCUT2D eigenvalue weighted by atomic mass is 10.0. The first-order valence-electron chi connectivity index (χ1n) is 10.2. The van der Waals surface area contributed by atoms with Crippen molar-refractivity contribution >= 4 is 5.91 Å². The lowest BCUT2D eigenvalue weighted by molar-refractivity contribution is 0.0169. The van der Waals surface area contributed by atoms with Gasteiger partial charge in [0.15, 0.2) is 5.82 Å². The number of aromatic hydroxyl groups is 1. The highest BCUT2D eigenvalue weighted by Gasteiger charge is 2.18. The second-order valence-electron chi connectivity index (χ2n) is 7.54. The van der Waals surface area contributed by atoms with Crippen LogP contribution in [0.4, 0.5) is 0 Å². The van der Waals surface area contributed by atoms with Crippen molar-refractivity contribution in [2.45, 2.75) is 32.3 Å². The summed E-state index contributed by atoms with van der Waals surface area (Å²) in [6, 6.07) is 10.6. The number of amides is 1. The van der Waals surface area contributed by atoms with Crippen molar-refractivity contribution in [3.05, 3.63) is 59.4 Å². The quantitative estimate of drug-likeness (QED) is 0.659. The van der Waals surface area contributed by atoms with Crippen molar-refractivity contribution in [2.24, 2.45) is 0 Å². The Bertz CT molecular complexity index is 1130. The van der Waals surface area contributed by atoms with E-state index >= 15 is 0 Å². The van der Waals surface area contributed by atoms with E-state index in [0.29, 0.717) is 29.1 Å². The number of ether oxygens (including phenoxy) is 1. The number of pyridine rings is 1. The lowest BCUT2D eigenvalue weighted by Gasteiger charge is -2.22. The molecule has 1 aliphatic rings. The summed E-state index contributed by atoms with van der Waals surface area (Å²) in [5.41, 5.74) is 3.16. The van der Waals surface area contributed by atoms with E-state index in [-0.39, 0.29) is 17.9 Å². The summed E-state index contributed by atoms with van der Waals surface area (Å²) in [6.45, 7) is 3.10. The van der Waals surface area contributed by atoms with Crippen LogP contribution in [-0.2, 0) is 4.74 Å². The summed E-state index contributed by atoms with van der Waals surface area (Å²) in [4.78, 5) is 16.7. The minimum atomic E-state index is -0.216. The normalized spacial score (nSPS) is 15.9. The number of aromatic nitrogens is 3. The molecule has 2 N–H and O–H groups in total. The maximum absolute atomic E-state index is 12.4. The number of hydrogen-bond acceptors (Lipinski definition) is 6. The number of hydrogen-bond donors (Lipinski definition) is 2. The van der Waals surface area contributed by atoms with E-state index in [1.54, 1.807) is 36.5 Å². The summed E-state index contributed by atoms with van der Waals surface area (Å²) < 4.78 is 6.94. The van der Waals surface area contributed by atoms with E-state index in [2.05, 4.69) is 21.5 Å². The van der Waals surface area contributed by atoms with E-state index in [0.717, 1.165) is 37.0 Å².